The molecule has 0 radical (unpaired) electrons. The van der Waals surface area contributed by atoms with E-state index in [4.69, 9.17) is 11.6 Å². The third-order valence-electron chi connectivity index (χ3n) is 8.35. The number of aromatic amines is 1. The molecule has 6 rings (SSSR count). The Hall–Kier alpha value is -3.94. The third-order valence-corrected chi connectivity index (χ3v) is 8.66. The highest BCUT2D eigenvalue weighted by Gasteiger charge is 2.34. The number of carbonyl (C=O) groups excluding carboxylic acids is 3. The van der Waals surface area contributed by atoms with Crippen molar-refractivity contribution >= 4 is 40.1 Å². The minimum Gasteiger partial charge on any atom is -0.360 e. The summed E-state index contributed by atoms with van der Waals surface area (Å²) in [6.45, 7) is 5.19. The Morgan fingerprint density at radius 2 is 1.49 bits per heavy atom. The van der Waals surface area contributed by atoms with Gasteiger partial charge in [-0.1, -0.05) is 72.3 Å². The average molecular weight is 569 g/mol. The second kappa shape index (κ2) is 11.5. The fourth-order valence-corrected chi connectivity index (χ4v) is 6.48. The predicted octanol–water partition coefficient (Wildman–Crippen LogP) is 5.56. The zero-order valence-electron chi connectivity index (χ0n) is 23.1. The van der Waals surface area contributed by atoms with Gasteiger partial charge in [-0.25, -0.2) is 0 Å². The monoisotopic (exact) mass is 568 g/mol. The summed E-state index contributed by atoms with van der Waals surface area (Å²) >= 11 is 6.62. The Balaban J connectivity index is 1.24. The van der Waals surface area contributed by atoms with Crippen molar-refractivity contribution in [2.75, 3.05) is 32.7 Å². The van der Waals surface area contributed by atoms with Crippen molar-refractivity contribution in [3.8, 4) is 0 Å². The summed E-state index contributed by atoms with van der Waals surface area (Å²) < 4.78 is 0. The number of rotatable bonds is 6. The predicted molar refractivity (Wildman–Crippen MR) is 160 cm³/mol. The number of hydrogen-bond acceptors (Lipinski definition) is 4. The van der Waals surface area contributed by atoms with Gasteiger partial charge in [0.1, 0.15) is 0 Å². The van der Waals surface area contributed by atoms with Gasteiger partial charge in [-0.15, -0.1) is 0 Å². The maximum Gasteiger partial charge on any atom is 0.295 e. The molecule has 2 saturated heterocycles. The first-order valence-electron chi connectivity index (χ1n) is 14.2. The zero-order chi connectivity index (χ0) is 28.5. The number of H-pyrrole nitrogens is 1. The van der Waals surface area contributed by atoms with Crippen molar-refractivity contribution in [1.29, 1.82) is 0 Å². The van der Waals surface area contributed by atoms with E-state index in [1.807, 2.05) is 17.0 Å². The first-order chi connectivity index (χ1) is 19.9. The van der Waals surface area contributed by atoms with Crippen LogP contribution in [0.4, 0.5) is 0 Å². The minimum absolute atomic E-state index is 0.0676. The number of nitrogens with zero attached hydrogens (tertiary/aromatic N) is 3. The minimum atomic E-state index is -0.561. The summed E-state index contributed by atoms with van der Waals surface area (Å²) in [5.74, 6) is -1.23. The Morgan fingerprint density at radius 1 is 0.854 bits per heavy atom. The summed E-state index contributed by atoms with van der Waals surface area (Å²) in [6, 6.07) is 24.2. The summed E-state index contributed by atoms with van der Waals surface area (Å²) in [6.07, 6.45) is 3.36. The number of benzene rings is 3. The molecule has 2 aliphatic heterocycles. The molecule has 1 aromatic heterocycles. The summed E-state index contributed by atoms with van der Waals surface area (Å²) in [5, 5.41) is 0.852. The molecule has 41 heavy (non-hydrogen) atoms. The summed E-state index contributed by atoms with van der Waals surface area (Å²) in [7, 11) is 0. The molecule has 1 atom stereocenters. The smallest absolute Gasteiger partial charge is 0.295 e. The van der Waals surface area contributed by atoms with Crippen LogP contribution in [-0.4, -0.2) is 76.0 Å². The van der Waals surface area contributed by atoms with Crippen LogP contribution in [0.5, 0.6) is 0 Å². The van der Waals surface area contributed by atoms with Crippen LogP contribution in [0.25, 0.3) is 10.9 Å². The van der Waals surface area contributed by atoms with E-state index in [2.05, 4.69) is 65.3 Å². The summed E-state index contributed by atoms with van der Waals surface area (Å²) in [4.78, 5) is 48.8. The van der Waals surface area contributed by atoms with Crippen molar-refractivity contribution in [2.45, 2.75) is 31.8 Å². The Bertz CT molecular complexity index is 1540. The standard InChI is InChI=1S/C33H33ClN4O3/c1-22-21-37(30(23-10-4-2-5-11-23)24-12-6-3-7-13-24)16-17-38(22)32(40)26-18-25-27(20-35-29(25)19-28(26)34)31(39)33(41)36-14-8-9-15-36/h2-7,10-13,18-20,22,30,35H,8-9,14-17,21H2,1H3/t22-/m1/s1. The molecular weight excluding hydrogens is 536 g/mol. The molecule has 210 valence electrons. The topological polar surface area (TPSA) is 76.7 Å². The van der Waals surface area contributed by atoms with Gasteiger partial charge in [0, 0.05) is 55.9 Å². The fraction of sp³-hybridized carbons (Fsp3) is 0.303. The SMILES string of the molecule is C[C@@H]1CN(C(c2ccccc2)c2ccccc2)CCN1C(=O)c1cc2c(C(=O)C(=O)N3CCCC3)c[nH]c2cc1Cl. The van der Waals surface area contributed by atoms with Gasteiger partial charge in [-0.2, -0.15) is 0 Å². The number of fused-ring (bicyclic) bond motifs is 1. The first-order valence-corrected chi connectivity index (χ1v) is 14.6. The normalized spacial score (nSPS) is 17.9. The van der Waals surface area contributed by atoms with E-state index < -0.39 is 11.7 Å². The molecule has 2 aliphatic rings. The molecule has 1 N–H and O–H groups in total. The van der Waals surface area contributed by atoms with Crippen molar-refractivity contribution in [3.05, 3.63) is 106 Å². The van der Waals surface area contributed by atoms with Crippen LogP contribution in [0.1, 0.15) is 57.7 Å². The van der Waals surface area contributed by atoms with Gasteiger partial charge in [-0.3, -0.25) is 19.3 Å². The Morgan fingerprint density at radius 3 is 2.10 bits per heavy atom. The zero-order valence-corrected chi connectivity index (χ0v) is 23.8. The molecule has 0 bridgehead atoms. The molecule has 0 saturated carbocycles. The van der Waals surface area contributed by atoms with Gasteiger partial charge >= 0.3 is 0 Å². The average Bonchev–Trinajstić information content (AvgIpc) is 3.68. The second-order valence-electron chi connectivity index (χ2n) is 11.0. The maximum atomic E-state index is 13.9. The van der Waals surface area contributed by atoms with E-state index in [1.165, 1.54) is 11.1 Å². The van der Waals surface area contributed by atoms with Crippen LogP contribution in [-0.2, 0) is 4.79 Å². The molecule has 0 aliphatic carbocycles. The van der Waals surface area contributed by atoms with E-state index in [0.29, 0.717) is 54.2 Å². The molecular formula is C33H33ClN4O3. The van der Waals surface area contributed by atoms with E-state index in [-0.39, 0.29) is 23.6 Å². The van der Waals surface area contributed by atoms with Gasteiger partial charge in [-0.05, 0) is 43.0 Å². The Kier molecular flexibility index (Phi) is 7.65. The summed E-state index contributed by atoms with van der Waals surface area (Å²) in [5.41, 5.74) is 3.66. The number of amides is 2. The lowest BCUT2D eigenvalue weighted by molar-refractivity contribution is -0.125. The molecule has 3 aromatic carbocycles. The largest absolute Gasteiger partial charge is 0.360 e. The van der Waals surface area contributed by atoms with Gasteiger partial charge in [0.15, 0.2) is 0 Å². The van der Waals surface area contributed by atoms with Crippen LogP contribution in [0.3, 0.4) is 0 Å². The second-order valence-corrected chi connectivity index (χ2v) is 11.4. The lowest BCUT2D eigenvalue weighted by Crippen LogP contribution is -2.54. The molecule has 2 amide bonds. The van der Waals surface area contributed by atoms with E-state index in [1.54, 1.807) is 23.2 Å². The third kappa shape index (κ3) is 5.27. The van der Waals surface area contributed by atoms with Crippen LogP contribution in [0.15, 0.2) is 79.0 Å². The fourth-order valence-electron chi connectivity index (χ4n) is 6.24. The van der Waals surface area contributed by atoms with Crippen LogP contribution < -0.4 is 0 Å². The van der Waals surface area contributed by atoms with Crippen LogP contribution in [0, 0.1) is 0 Å². The van der Waals surface area contributed by atoms with Crippen molar-refractivity contribution < 1.29 is 14.4 Å². The first kappa shape index (κ1) is 27.2. The molecule has 0 spiro atoms. The molecule has 2 fully saturated rings. The number of carbonyl (C=O) groups is 3. The van der Waals surface area contributed by atoms with E-state index in [9.17, 15) is 14.4 Å². The highest BCUT2D eigenvalue weighted by molar-refractivity contribution is 6.45. The molecule has 8 heteroatoms. The van der Waals surface area contributed by atoms with Gasteiger partial charge < -0.3 is 14.8 Å². The van der Waals surface area contributed by atoms with Crippen LogP contribution in [0.2, 0.25) is 5.02 Å². The van der Waals surface area contributed by atoms with Crippen molar-refractivity contribution in [2.24, 2.45) is 0 Å². The van der Waals surface area contributed by atoms with Gasteiger partial charge in [0.2, 0.25) is 0 Å². The number of hydrogen-bond donors (Lipinski definition) is 1. The number of likely N-dealkylation sites (tertiary alicyclic amines) is 1. The molecule has 7 nitrogen and oxygen atoms in total. The van der Waals surface area contributed by atoms with Crippen molar-refractivity contribution in [1.82, 2.24) is 19.7 Å². The molecule has 0 unspecified atom stereocenters. The number of aromatic nitrogens is 1. The highest BCUT2D eigenvalue weighted by atomic mass is 35.5. The van der Waals surface area contributed by atoms with Gasteiger partial charge in [0.05, 0.1) is 22.2 Å². The van der Waals surface area contributed by atoms with E-state index in [0.717, 1.165) is 12.8 Å². The lowest BCUT2D eigenvalue weighted by atomic mass is 9.95. The number of nitrogens with one attached hydrogen (secondary N) is 1. The van der Waals surface area contributed by atoms with Crippen LogP contribution >= 0.6 is 11.6 Å². The quantitative estimate of drug-likeness (QED) is 0.244. The Labute approximate surface area is 244 Å². The number of ketones is 1. The number of piperazine rings is 1. The number of Topliss-reactive ketones (excluding diaryl/α,β-unsaturated/α-hetero) is 1. The lowest BCUT2D eigenvalue weighted by Gasteiger charge is -2.43. The molecule has 3 heterocycles. The maximum absolute atomic E-state index is 13.9. The van der Waals surface area contributed by atoms with Crippen molar-refractivity contribution in [3.63, 3.8) is 0 Å². The van der Waals surface area contributed by atoms with Gasteiger partial charge in [0.25, 0.3) is 17.6 Å². The molecule has 4 aromatic rings. The number of halogens is 1. The highest BCUT2D eigenvalue weighted by Crippen LogP contribution is 2.33. The van der Waals surface area contributed by atoms with E-state index >= 15 is 0 Å².